The maximum absolute atomic E-state index is 13.9. The van der Waals surface area contributed by atoms with Crippen molar-refractivity contribution < 1.29 is 9.37 Å². The van der Waals surface area contributed by atoms with E-state index in [0.29, 0.717) is 6.04 Å². The molecule has 0 spiro atoms. The van der Waals surface area contributed by atoms with Gasteiger partial charge in [-0.15, -0.1) is 11.6 Å². The number of allylic oxidation sites excluding steroid dienone is 1. The standard InChI is InChI=1S/C29H52ClN7O/c1-4-6-9-21(30)20-35(3)26-18-22(8-5-2)33-28(31)27(26)29(38)34-24-19-32-13-10-25(24)37-16-11-23(12-17-37)36-14-7-15-36/h18,20-21,23-28,32-33H,4-17,19,31H2,1-3H3/p+1. The molecule has 5 N–H and O–H groups in total. The number of nitrogens with zero attached hydrogens (tertiary/aromatic N) is 3. The second kappa shape index (κ2) is 14.4. The summed E-state index contributed by atoms with van der Waals surface area (Å²) in [5, 5.41) is 10.4. The van der Waals surface area contributed by atoms with Gasteiger partial charge in [0.2, 0.25) is 5.91 Å². The zero-order chi connectivity index (χ0) is 27.1. The highest BCUT2D eigenvalue weighted by molar-refractivity contribution is 6.27. The quantitative estimate of drug-likeness (QED) is 0.179. The molecule has 0 aromatic heterocycles. The fourth-order valence-corrected chi connectivity index (χ4v) is 7.14. The molecule has 3 fully saturated rings. The zero-order valence-electron chi connectivity index (χ0n) is 24.0. The minimum absolute atomic E-state index is 0.0379. The number of halogens is 1. The highest BCUT2D eigenvalue weighted by Gasteiger charge is 2.44. The highest BCUT2D eigenvalue weighted by atomic mass is 35.5. The first-order valence-electron chi connectivity index (χ1n) is 15.3. The number of nitrogens with one attached hydrogen (secondary N) is 3. The van der Waals surface area contributed by atoms with Crippen LogP contribution in [0.15, 0.2) is 11.8 Å². The van der Waals surface area contributed by atoms with Crippen molar-refractivity contribution in [2.75, 3.05) is 46.3 Å². The van der Waals surface area contributed by atoms with Crippen LogP contribution in [0.4, 0.5) is 0 Å². The molecule has 1 amide bonds. The van der Waals surface area contributed by atoms with E-state index < -0.39 is 12.1 Å². The molecule has 9 heteroatoms. The third-order valence-electron chi connectivity index (χ3n) is 9.15. The molecule has 0 aromatic rings. The maximum Gasteiger partial charge on any atom is 0.234 e. The van der Waals surface area contributed by atoms with E-state index in [-0.39, 0.29) is 23.4 Å². The molecule has 6 unspecified atom stereocenters. The lowest BCUT2D eigenvalue weighted by atomic mass is 9.88. The molecule has 8 nitrogen and oxygen atoms in total. The molecular formula is C29H53ClN7O+. The first-order chi connectivity index (χ1) is 18.4. The van der Waals surface area contributed by atoms with E-state index in [1.165, 1.54) is 32.4 Å². The second-order valence-corrected chi connectivity index (χ2v) is 12.5. The van der Waals surface area contributed by atoms with Crippen LogP contribution in [0, 0.1) is 5.92 Å². The van der Waals surface area contributed by atoms with E-state index >= 15 is 0 Å². The van der Waals surface area contributed by atoms with Crippen molar-refractivity contribution in [3.8, 4) is 0 Å². The lowest BCUT2D eigenvalue weighted by Crippen LogP contribution is -2.65. The van der Waals surface area contributed by atoms with Crippen molar-refractivity contribution in [1.29, 1.82) is 0 Å². The van der Waals surface area contributed by atoms with Gasteiger partial charge in [0.05, 0.1) is 12.2 Å². The van der Waals surface area contributed by atoms with Crippen molar-refractivity contribution in [3.63, 3.8) is 0 Å². The third-order valence-corrected chi connectivity index (χ3v) is 9.48. The molecular weight excluding hydrogens is 498 g/mol. The summed E-state index contributed by atoms with van der Waals surface area (Å²) >= 11 is 6.66. The summed E-state index contributed by atoms with van der Waals surface area (Å²) in [6.07, 6.45) is 13.9. The number of piperidine rings is 2. The third kappa shape index (κ3) is 7.51. The number of unbranched alkanes of at least 4 members (excludes halogenated alkanes) is 1. The van der Waals surface area contributed by atoms with Gasteiger partial charge >= 0.3 is 0 Å². The number of rotatable bonds is 11. The summed E-state index contributed by atoms with van der Waals surface area (Å²) in [5.74, 6) is -0.359. The van der Waals surface area contributed by atoms with Crippen LogP contribution in [-0.4, -0.2) is 109 Å². The fraction of sp³-hybridized carbons (Fsp3) is 0.862. The molecule has 4 aliphatic rings. The molecule has 6 atom stereocenters. The largest absolute Gasteiger partial charge is 0.372 e. The van der Waals surface area contributed by atoms with Crippen LogP contribution in [0.3, 0.4) is 0 Å². The Morgan fingerprint density at radius 1 is 1.21 bits per heavy atom. The van der Waals surface area contributed by atoms with E-state index in [2.05, 4.69) is 56.5 Å². The Labute approximate surface area is 235 Å². The smallest absolute Gasteiger partial charge is 0.234 e. The van der Waals surface area contributed by atoms with Crippen LogP contribution >= 0.6 is 11.6 Å². The molecule has 216 valence electrons. The number of hydrogen-bond acceptors (Lipinski definition) is 6. The molecule has 4 heterocycles. The lowest BCUT2D eigenvalue weighted by molar-refractivity contribution is -0.530. The van der Waals surface area contributed by atoms with Crippen LogP contribution in [0.2, 0.25) is 0 Å². The first kappa shape index (κ1) is 29.8. The molecule has 0 aromatic carbocycles. The van der Waals surface area contributed by atoms with Gasteiger partial charge in [-0.3, -0.25) is 9.69 Å². The molecule has 38 heavy (non-hydrogen) atoms. The average molecular weight is 551 g/mol. The SMILES string of the molecule is CCCCC(Cl)C=[N+](C)C1C=C(CCC)NC(N)C1C(=O)NC1CNCCC1N1CCC(N2CCC2)CC1. The Kier molecular flexibility index (Phi) is 11.3. The number of nitrogens with two attached hydrogens (primary N) is 1. The summed E-state index contributed by atoms with van der Waals surface area (Å²) in [7, 11) is 2.04. The van der Waals surface area contributed by atoms with Crippen molar-refractivity contribution in [2.24, 2.45) is 11.7 Å². The van der Waals surface area contributed by atoms with Crippen molar-refractivity contribution in [1.82, 2.24) is 25.8 Å². The minimum atomic E-state index is -0.436. The number of alkyl halides is 1. The predicted molar refractivity (Wildman–Crippen MR) is 157 cm³/mol. The zero-order valence-corrected chi connectivity index (χ0v) is 24.8. The Morgan fingerprint density at radius 2 is 1.97 bits per heavy atom. The van der Waals surface area contributed by atoms with Gasteiger partial charge in [0.1, 0.15) is 18.3 Å². The summed E-state index contributed by atoms with van der Waals surface area (Å²) in [6, 6.07) is 1.09. The van der Waals surface area contributed by atoms with Crippen molar-refractivity contribution >= 4 is 23.7 Å². The monoisotopic (exact) mass is 550 g/mol. The Hall–Kier alpha value is -1.19. The molecule has 3 saturated heterocycles. The van der Waals surface area contributed by atoms with Crippen LogP contribution in [0.1, 0.15) is 71.6 Å². The van der Waals surface area contributed by atoms with Crippen molar-refractivity contribution in [2.45, 2.75) is 107 Å². The first-order valence-corrected chi connectivity index (χ1v) is 15.8. The number of amides is 1. The fourth-order valence-electron chi connectivity index (χ4n) is 6.81. The van der Waals surface area contributed by atoms with Crippen molar-refractivity contribution in [3.05, 3.63) is 11.8 Å². The summed E-state index contributed by atoms with van der Waals surface area (Å²) in [5.41, 5.74) is 7.79. The molecule has 0 aliphatic carbocycles. The topological polar surface area (TPSA) is 88.7 Å². The van der Waals surface area contributed by atoms with E-state index in [1.807, 2.05) is 7.05 Å². The minimum Gasteiger partial charge on any atom is -0.372 e. The predicted octanol–water partition coefficient (Wildman–Crippen LogP) is 2.07. The van der Waals surface area contributed by atoms with E-state index in [0.717, 1.165) is 76.4 Å². The van der Waals surface area contributed by atoms with Gasteiger partial charge in [0.15, 0.2) is 12.3 Å². The number of carbonyl (C=O) groups is 1. The Bertz CT molecular complexity index is 824. The van der Waals surface area contributed by atoms with Gasteiger partial charge < -0.3 is 26.6 Å². The Morgan fingerprint density at radius 3 is 2.63 bits per heavy atom. The van der Waals surface area contributed by atoms with Gasteiger partial charge in [-0.25, -0.2) is 4.58 Å². The van der Waals surface area contributed by atoms with Crippen LogP contribution in [0.5, 0.6) is 0 Å². The summed E-state index contributed by atoms with van der Waals surface area (Å²) < 4.78 is 2.13. The highest BCUT2D eigenvalue weighted by Crippen LogP contribution is 2.26. The molecule has 0 bridgehead atoms. The average Bonchev–Trinajstić information content (AvgIpc) is 2.87. The second-order valence-electron chi connectivity index (χ2n) is 11.9. The van der Waals surface area contributed by atoms with Gasteiger partial charge in [0.25, 0.3) is 0 Å². The number of hydrogen-bond donors (Lipinski definition) is 4. The van der Waals surface area contributed by atoms with E-state index in [9.17, 15) is 4.79 Å². The van der Waals surface area contributed by atoms with E-state index in [4.69, 9.17) is 17.3 Å². The number of likely N-dealkylation sites (N-methyl/N-ethyl adjacent to an activating group) is 1. The maximum atomic E-state index is 13.9. The summed E-state index contributed by atoms with van der Waals surface area (Å²) in [4.78, 5) is 19.2. The number of likely N-dealkylation sites (tertiary alicyclic amines) is 2. The lowest BCUT2D eigenvalue weighted by Gasteiger charge is -2.47. The summed E-state index contributed by atoms with van der Waals surface area (Å²) in [6.45, 7) is 11.0. The van der Waals surface area contributed by atoms with Gasteiger partial charge in [-0.05, 0) is 58.2 Å². The number of carbonyl (C=O) groups excluding carboxylic acids is 1. The molecule has 4 aliphatic heterocycles. The van der Waals surface area contributed by atoms with Crippen LogP contribution < -0.4 is 21.7 Å². The normalized spacial score (nSPS) is 32.7. The van der Waals surface area contributed by atoms with Gasteiger partial charge in [0, 0.05) is 43.5 Å². The van der Waals surface area contributed by atoms with Gasteiger partial charge in [-0.1, -0.05) is 33.1 Å². The molecule has 0 radical (unpaired) electrons. The Balaban J connectivity index is 1.44. The van der Waals surface area contributed by atoms with Crippen LogP contribution in [0.25, 0.3) is 0 Å². The van der Waals surface area contributed by atoms with E-state index in [1.54, 1.807) is 0 Å². The van der Waals surface area contributed by atoms with Gasteiger partial charge in [-0.2, -0.15) is 0 Å². The molecule has 4 rings (SSSR count). The molecule has 0 saturated carbocycles. The van der Waals surface area contributed by atoms with Crippen LogP contribution in [-0.2, 0) is 4.79 Å².